The topological polar surface area (TPSA) is 92.4 Å². The van der Waals surface area contributed by atoms with E-state index in [2.05, 4.69) is 10.5 Å². The van der Waals surface area contributed by atoms with Crippen molar-refractivity contribution in [3.8, 4) is 0 Å². The van der Waals surface area contributed by atoms with Crippen molar-refractivity contribution in [2.75, 3.05) is 0 Å². The van der Waals surface area contributed by atoms with Crippen LogP contribution in [-0.2, 0) is 10.2 Å². The fourth-order valence-corrected chi connectivity index (χ4v) is 3.06. The molecule has 0 saturated heterocycles. The Balaban J connectivity index is 1.81. The van der Waals surface area contributed by atoms with Crippen molar-refractivity contribution in [2.45, 2.75) is 37.6 Å². The number of carboxylic acids is 1. The monoisotopic (exact) mass is 314 g/mol. The SMILES string of the molecule is CC(NC(=O)C1(c2ccccc2)CCC1)c1nocc1C(=O)O. The molecule has 1 aromatic heterocycles. The molecular formula is C17H18N2O4. The molecule has 1 saturated carbocycles. The van der Waals surface area contributed by atoms with E-state index in [-0.39, 0.29) is 17.2 Å². The summed E-state index contributed by atoms with van der Waals surface area (Å²) in [6, 6.07) is 9.15. The van der Waals surface area contributed by atoms with E-state index >= 15 is 0 Å². The fourth-order valence-electron chi connectivity index (χ4n) is 3.06. The molecule has 6 nitrogen and oxygen atoms in total. The summed E-state index contributed by atoms with van der Waals surface area (Å²) in [5, 5.41) is 15.7. The van der Waals surface area contributed by atoms with E-state index in [1.54, 1.807) is 6.92 Å². The predicted octanol–water partition coefficient (Wildman–Crippen LogP) is 2.67. The van der Waals surface area contributed by atoms with Gasteiger partial charge in [-0.15, -0.1) is 0 Å². The van der Waals surface area contributed by atoms with Crippen LogP contribution in [0.15, 0.2) is 41.1 Å². The minimum absolute atomic E-state index is 0.0276. The molecule has 0 radical (unpaired) electrons. The van der Waals surface area contributed by atoms with E-state index in [1.807, 2.05) is 30.3 Å². The molecule has 0 spiro atoms. The summed E-state index contributed by atoms with van der Waals surface area (Å²) >= 11 is 0. The smallest absolute Gasteiger partial charge is 0.341 e. The maximum Gasteiger partial charge on any atom is 0.341 e. The highest BCUT2D eigenvalue weighted by atomic mass is 16.5. The number of benzene rings is 1. The molecule has 1 unspecified atom stereocenters. The number of nitrogens with one attached hydrogen (secondary N) is 1. The van der Waals surface area contributed by atoms with Gasteiger partial charge in [-0.1, -0.05) is 41.9 Å². The lowest BCUT2D eigenvalue weighted by molar-refractivity contribution is -0.130. The van der Waals surface area contributed by atoms with E-state index in [0.717, 1.165) is 31.1 Å². The molecule has 2 aromatic rings. The molecule has 1 aromatic carbocycles. The molecule has 1 fully saturated rings. The highest BCUT2D eigenvalue weighted by Crippen LogP contribution is 2.44. The maximum absolute atomic E-state index is 12.8. The standard InChI is InChI=1S/C17H18N2O4/c1-11(14-13(15(20)21)10-23-19-14)18-16(22)17(8-5-9-17)12-6-3-2-4-7-12/h2-4,6-7,10-11H,5,8-9H2,1H3,(H,18,22)(H,20,21). The molecule has 1 amide bonds. The Kier molecular flexibility index (Phi) is 3.90. The van der Waals surface area contributed by atoms with Gasteiger partial charge in [0.25, 0.3) is 0 Å². The second-order valence-electron chi connectivity index (χ2n) is 5.92. The Labute approximate surface area is 133 Å². The van der Waals surface area contributed by atoms with Crippen molar-refractivity contribution < 1.29 is 19.2 Å². The third kappa shape index (κ3) is 2.60. The Morgan fingerprint density at radius 2 is 2.00 bits per heavy atom. The Morgan fingerprint density at radius 1 is 1.30 bits per heavy atom. The molecule has 23 heavy (non-hydrogen) atoms. The Hall–Kier alpha value is -2.63. The summed E-state index contributed by atoms with van der Waals surface area (Å²) in [6.45, 7) is 1.71. The van der Waals surface area contributed by atoms with Gasteiger partial charge in [-0.25, -0.2) is 4.79 Å². The number of aromatic nitrogens is 1. The van der Waals surface area contributed by atoms with Gasteiger partial charge in [0.1, 0.15) is 17.5 Å². The summed E-state index contributed by atoms with van der Waals surface area (Å²) in [7, 11) is 0. The van der Waals surface area contributed by atoms with E-state index in [4.69, 9.17) is 9.63 Å². The number of hydrogen-bond acceptors (Lipinski definition) is 4. The Bertz CT molecular complexity index is 719. The van der Waals surface area contributed by atoms with Crippen LogP contribution in [0.4, 0.5) is 0 Å². The normalized spacial score (nSPS) is 17.1. The molecule has 0 aliphatic heterocycles. The van der Waals surface area contributed by atoms with Gasteiger partial charge < -0.3 is 14.9 Å². The molecule has 1 heterocycles. The van der Waals surface area contributed by atoms with Gasteiger partial charge in [0.05, 0.1) is 11.5 Å². The van der Waals surface area contributed by atoms with Gasteiger partial charge in [0.15, 0.2) is 0 Å². The highest BCUT2D eigenvalue weighted by Gasteiger charge is 2.46. The molecular weight excluding hydrogens is 296 g/mol. The van der Waals surface area contributed by atoms with Crippen molar-refractivity contribution in [1.82, 2.24) is 10.5 Å². The van der Waals surface area contributed by atoms with E-state index in [1.165, 1.54) is 0 Å². The number of nitrogens with zero attached hydrogens (tertiary/aromatic N) is 1. The van der Waals surface area contributed by atoms with Gasteiger partial charge in [0.2, 0.25) is 5.91 Å². The number of amides is 1. The van der Waals surface area contributed by atoms with Crippen molar-refractivity contribution >= 4 is 11.9 Å². The lowest BCUT2D eigenvalue weighted by atomic mass is 9.63. The van der Waals surface area contributed by atoms with Gasteiger partial charge >= 0.3 is 5.97 Å². The maximum atomic E-state index is 12.8. The molecule has 120 valence electrons. The van der Waals surface area contributed by atoms with Crippen molar-refractivity contribution in [3.63, 3.8) is 0 Å². The minimum Gasteiger partial charge on any atom is -0.478 e. The van der Waals surface area contributed by atoms with Crippen LogP contribution < -0.4 is 5.32 Å². The van der Waals surface area contributed by atoms with Gasteiger partial charge in [-0.2, -0.15) is 0 Å². The van der Waals surface area contributed by atoms with Crippen LogP contribution in [0.3, 0.4) is 0 Å². The fraction of sp³-hybridized carbons (Fsp3) is 0.353. The van der Waals surface area contributed by atoms with Gasteiger partial charge in [-0.3, -0.25) is 4.79 Å². The first-order chi connectivity index (χ1) is 11.0. The quantitative estimate of drug-likeness (QED) is 0.885. The molecule has 1 aliphatic rings. The zero-order chi connectivity index (χ0) is 16.4. The lowest BCUT2D eigenvalue weighted by Gasteiger charge is -2.41. The van der Waals surface area contributed by atoms with Crippen LogP contribution in [0.5, 0.6) is 0 Å². The van der Waals surface area contributed by atoms with E-state index in [9.17, 15) is 9.59 Å². The van der Waals surface area contributed by atoms with E-state index in [0.29, 0.717) is 0 Å². The van der Waals surface area contributed by atoms with Crippen molar-refractivity contribution in [1.29, 1.82) is 0 Å². The van der Waals surface area contributed by atoms with Crippen LogP contribution in [0.2, 0.25) is 0 Å². The summed E-state index contributed by atoms with van der Waals surface area (Å²) in [6.07, 6.45) is 3.66. The largest absolute Gasteiger partial charge is 0.478 e. The van der Waals surface area contributed by atoms with Crippen molar-refractivity contribution in [3.05, 3.63) is 53.4 Å². The summed E-state index contributed by atoms with van der Waals surface area (Å²) in [5.74, 6) is -1.22. The van der Waals surface area contributed by atoms with Crippen LogP contribution >= 0.6 is 0 Å². The van der Waals surface area contributed by atoms with Crippen LogP contribution in [-0.4, -0.2) is 22.1 Å². The summed E-state index contributed by atoms with van der Waals surface area (Å²) in [5.41, 5.74) is 0.672. The summed E-state index contributed by atoms with van der Waals surface area (Å²) in [4.78, 5) is 24.0. The number of carboxylic acid groups (broad SMARTS) is 1. The van der Waals surface area contributed by atoms with E-state index < -0.39 is 17.4 Å². The molecule has 3 rings (SSSR count). The number of carbonyl (C=O) groups excluding carboxylic acids is 1. The first-order valence-electron chi connectivity index (χ1n) is 7.58. The van der Waals surface area contributed by atoms with Gasteiger partial charge in [-0.05, 0) is 25.3 Å². The zero-order valence-electron chi connectivity index (χ0n) is 12.8. The first-order valence-corrected chi connectivity index (χ1v) is 7.58. The average Bonchev–Trinajstić information content (AvgIpc) is 2.97. The molecule has 2 N–H and O–H groups in total. The average molecular weight is 314 g/mol. The summed E-state index contributed by atoms with van der Waals surface area (Å²) < 4.78 is 4.74. The molecule has 1 atom stereocenters. The third-order valence-electron chi connectivity index (χ3n) is 4.55. The van der Waals surface area contributed by atoms with Gasteiger partial charge in [0, 0.05) is 0 Å². The first kappa shape index (κ1) is 15.3. The second kappa shape index (κ2) is 5.87. The molecule has 1 aliphatic carbocycles. The zero-order valence-corrected chi connectivity index (χ0v) is 12.8. The second-order valence-corrected chi connectivity index (χ2v) is 5.92. The van der Waals surface area contributed by atoms with Crippen LogP contribution in [0.1, 0.15) is 53.8 Å². The van der Waals surface area contributed by atoms with Crippen LogP contribution in [0, 0.1) is 0 Å². The minimum atomic E-state index is -1.12. The number of carbonyl (C=O) groups is 2. The number of hydrogen-bond donors (Lipinski definition) is 2. The predicted molar refractivity (Wildman–Crippen MR) is 82.0 cm³/mol. The number of rotatable bonds is 5. The van der Waals surface area contributed by atoms with Crippen LogP contribution in [0.25, 0.3) is 0 Å². The lowest BCUT2D eigenvalue weighted by Crippen LogP contribution is -2.49. The highest BCUT2D eigenvalue weighted by molar-refractivity contribution is 5.91. The molecule has 0 bridgehead atoms. The Morgan fingerprint density at radius 3 is 2.57 bits per heavy atom. The third-order valence-corrected chi connectivity index (χ3v) is 4.55. The number of aromatic carboxylic acids is 1. The van der Waals surface area contributed by atoms with Crippen molar-refractivity contribution in [2.24, 2.45) is 0 Å². The molecule has 6 heteroatoms.